The van der Waals surface area contributed by atoms with Gasteiger partial charge in [0.1, 0.15) is 0 Å². The Bertz CT molecular complexity index is 1380. The highest BCUT2D eigenvalue weighted by molar-refractivity contribution is 7.99. The van der Waals surface area contributed by atoms with Crippen LogP contribution >= 0.6 is 11.8 Å². The Balaban J connectivity index is 1.44. The van der Waals surface area contributed by atoms with Crippen LogP contribution in [0, 0.1) is 0 Å². The molecule has 0 fully saturated rings. The molecule has 0 saturated carbocycles. The molecule has 4 aromatic rings. The summed E-state index contributed by atoms with van der Waals surface area (Å²) in [7, 11) is -1.76. The highest BCUT2D eigenvalue weighted by atomic mass is 32.2. The third kappa shape index (κ3) is 5.35. The van der Waals surface area contributed by atoms with Gasteiger partial charge in [-0.25, -0.2) is 8.42 Å². The Morgan fingerprint density at radius 3 is 2.45 bits per heavy atom. The molecule has 1 heterocycles. The molecule has 0 aliphatic rings. The molecule has 8 nitrogen and oxygen atoms in total. The van der Waals surface area contributed by atoms with Gasteiger partial charge in [0, 0.05) is 18.1 Å². The van der Waals surface area contributed by atoms with Crippen LogP contribution in [-0.2, 0) is 28.4 Å². The second-order valence-corrected chi connectivity index (χ2v) is 10.3. The van der Waals surface area contributed by atoms with E-state index < -0.39 is 10.0 Å². The van der Waals surface area contributed by atoms with Crippen molar-refractivity contribution < 1.29 is 13.2 Å². The van der Waals surface area contributed by atoms with Crippen LogP contribution in [0.5, 0.6) is 0 Å². The highest BCUT2D eigenvalue weighted by Crippen LogP contribution is 2.24. The van der Waals surface area contributed by atoms with Crippen LogP contribution in [-0.4, -0.2) is 41.1 Å². The topological polar surface area (TPSA) is 97.2 Å². The van der Waals surface area contributed by atoms with E-state index in [1.807, 2.05) is 48.5 Å². The van der Waals surface area contributed by atoms with Gasteiger partial charge in [0.25, 0.3) is 0 Å². The molecule has 0 bridgehead atoms. The maximum Gasteiger partial charge on any atom is 0.234 e. The van der Waals surface area contributed by atoms with E-state index in [4.69, 9.17) is 0 Å². The summed E-state index contributed by atoms with van der Waals surface area (Å²) < 4.78 is 27.7. The molecule has 0 unspecified atom stereocenters. The zero-order chi connectivity index (χ0) is 23.4. The van der Waals surface area contributed by atoms with Crippen LogP contribution in [0.3, 0.4) is 0 Å². The summed E-state index contributed by atoms with van der Waals surface area (Å²) in [5.41, 5.74) is 1.30. The third-order valence-electron chi connectivity index (χ3n) is 5.05. The number of amides is 1. The van der Waals surface area contributed by atoms with Crippen molar-refractivity contribution in [2.45, 2.75) is 11.7 Å². The minimum Gasteiger partial charge on any atom is -0.325 e. The second-order valence-electron chi connectivity index (χ2n) is 7.43. The molecule has 0 atom stereocenters. The number of para-hydroxylation sites is 1. The number of rotatable bonds is 8. The van der Waals surface area contributed by atoms with E-state index in [1.165, 1.54) is 16.1 Å². The van der Waals surface area contributed by atoms with Gasteiger partial charge in [0.2, 0.25) is 15.9 Å². The van der Waals surface area contributed by atoms with E-state index in [-0.39, 0.29) is 18.2 Å². The van der Waals surface area contributed by atoms with Crippen molar-refractivity contribution in [3.05, 3.63) is 78.6 Å². The number of fused-ring (bicyclic) bond motifs is 1. The van der Waals surface area contributed by atoms with Gasteiger partial charge >= 0.3 is 0 Å². The quantitative estimate of drug-likeness (QED) is 0.386. The average molecular weight is 482 g/mol. The first-order chi connectivity index (χ1) is 15.8. The van der Waals surface area contributed by atoms with Gasteiger partial charge < -0.3 is 9.88 Å². The number of hydrogen-bond acceptors (Lipinski definition) is 6. The van der Waals surface area contributed by atoms with E-state index in [0.717, 1.165) is 22.7 Å². The van der Waals surface area contributed by atoms with E-state index in [2.05, 4.69) is 15.5 Å². The number of carbonyl (C=O) groups excluding carboxylic acids is 1. The van der Waals surface area contributed by atoms with Gasteiger partial charge in [-0.05, 0) is 23.6 Å². The summed E-state index contributed by atoms with van der Waals surface area (Å²) in [5.74, 6) is 0.452. The SMILES string of the molecule is Cn1c(CN(c2ccccc2)S(C)(=O)=O)nnc1SCC(=O)Nc1cccc2ccccc12. The number of nitrogens with zero attached hydrogens (tertiary/aromatic N) is 4. The van der Waals surface area contributed by atoms with E-state index in [0.29, 0.717) is 16.7 Å². The number of hydrogen-bond donors (Lipinski definition) is 1. The first-order valence-corrected chi connectivity index (χ1v) is 13.0. The predicted octanol–water partition coefficient (Wildman–Crippen LogP) is 3.67. The van der Waals surface area contributed by atoms with Gasteiger partial charge in [0.05, 0.1) is 24.2 Å². The summed E-state index contributed by atoms with van der Waals surface area (Å²) in [6, 6.07) is 22.5. The van der Waals surface area contributed by atoms with Gasteiger partial charge in [-0.15, -0.1) is 10.2 Å². The molecule has 3 aromatic carbocycles. The molecule has 1 aromatic heterocycles. The van der Waals surface area contributed by atoms with Crippen LogP contribution in [0.15, 0.2) is 78.0 Å². The summed E-state index contributed by atoms with van der Waals surface area (Å²) in [4.78, 5) is 12.6. The molecule has 0 spiro atoms. The van der Waals surface area contributed by atoms with Crippen LogP contribution < -0.4 is 9.62 Å². The fraction of sp³-hybridized carbons (Fsp3) is 0.174. The lowest BCUT2D eigenvalue weighted by molar-refractivity contribution is -0.113. The third-order valence-corrected chi connectivity index (χ3v) is 7.21. The lowest BCUT2D eigenvalue weighted by Crippen LogP contribution is -2.30. The van der Waals surface area contributed by atoms with Crippen molar-refractivity contribution in [2.75, 3.05) is 21.6 Å². The number of benzene rings is 3. The summed E-state index contributed by atoms with van der Waals surface area (Å²) in [6.07, 6.45) is 1.16. The smallest absolute Gasteiger partial charge is 0.234 e. The Kier molecular flexibility index (Phi) is 6.66. The maximum absolute atomic E-state index is 12.6. The molecule has 1 amide bonds. The minimum atomic E-state index is -3.52. The average Bonchev–Trinajstić information content (AvgIpc) is 3.15. The van der Waals surface area contributed by atoms with Crippen LogP contribution in [0.4, 0.5) is 11.4 Å². The van der Waals surface area contributed by atoms with E-state index >= 15 is 0 Å². The molecule has 0 saturated heterocycles. The van der Waals surface area contributed by atoms with E-state index in [9.17, 15) is 13.2 Å². The fourth-order valence-corrected chi connectivity index (χ4v) is 4.97. The molecule has 1 N–H and O–H groups in total. The van der Waals surface area contributed by atoms with Crippen LogP contribution in [0.25, 0.3) is 10.8 Å². The summed E-state index contributed by atoms with van der Waals surface area (Å²) >= 11 is 1.24. The number of anilines is 2. The first-order valence-electron chi connectivity index (χ1n) is 10.1. The Labute approximate surface area is 196 Å². The standard InChI is InChI=1S/C23H23N5O3S2/c1-27-21(15-28(33(2,30)31)18-11-4-3-5-12-18)25-26-23(27)32-16-22(29)24-20-14-8-10-17-9-6-7-13-19(17)20/h3-14H,15-16H2,1-2H3,(H,24,29). The van der Waals surface area contributed by atoms with Gasteiger partial charge in [-0.2, -0.15) is 0 Å². The molecular formula is C23H23N5O3S2. The van der Waals surface area contributed by atoms with E-state index in [1.54, 1.807) is 35.9 Å². The van der Waals surface area contributed by atoms with Crippen molar-refractivity contribution in [1.29, 1.82) is 0 Å². The van der Waals surface area contributed by atoms with Gasteiger partial charge in [0.15, 0.2) is 11.0 Å². The second kappa shape index (κ2) is 9.63. The van der Waals surface area contributed by atoms with Crippen LogP contribution in [0.1, 0.15) is 5.82 Å². The van der Waals surface area contributed by atoms with Crippen molar-refractivity contribution in [3.63, 3.8) is 0 Å². The molecule has 4 rings (SSSR count). The Hall–Kier alpha value is -3.37. The Morgan fingerprint density at radius 2 is 1.70 bits per heavy atom. The van der Waals surface area contributed by atoms with Crippen molar-refractivity contribution >= 4 is 49.8 Å². The van der Waals surface area contributed by atoms with Crippen molar-refractivity contribution in [1.82, 2.24) is 14.8 Å². The lowest BCUT2D eigenvalue weighted by Gasteiger charge is -2.21. The predicted molar refractivity (Wildman–Crippen MR) is 132 cm³/mol. The van der Waals surface area contributed by atoms with Crippen molar-refractivity contribution in [3.8, 4) is 0 Å². The molecule has 170 valence electrons. The van der Waals surface area contributed by atoms with Crippen LogP contribution in [0.2, 0.25) is 0 Å². The number of thioether (sulfide) groups is 1. The molecule has 0 aliphatic carbocycles. The lowest BCUT2D eigenvalue weighted by atomic mass is 10.1. The van der Waals surface area contributed by atoms with Gasteiger partial charge in [-0.3, -0.25) is 9.10 Å². The fourth-order valence-electron chi connectivity index (χ4n) is 3.38. The number of sulfonamides is 1. The summed E-state index contributed by atoms with van der Waals surface area (Å²) in [5, 5.41) is 13.8. The maximum atomic E-state index is 12.6. The molecule has 10 heteroatoms. The number of nitrogens with one attached hydrogen (secondary N) is 1. The molecular weight excluding hydrogens is 458 g/mol. The highest BCUT2D eigenvalue weighted by Gasteiger charge is 2.21. The minimum absolute atomic E-state index is 0.0368. The molecule has 0 radical (unpaired) electrons. The Morgan fingerprint density at radius 1 is 1.00 bits per heavy atom. The largest absolute Gasteiger partial charge is 0.325 e. The van der Waals surface area contributed by atoms with Gasteiger partial charge in [-0.1, -0.05) is 66.4 Å². The normalized spacial score (nSPS) is 11.5. The number of carbonyl (C=O) groups is 1. The first kappa shape index (κ1) is 22.8. The monoisotopic (exact) mass is 481 g/mol. The number of aromatic nitrogens is 3. The zero-order valence-electron chi connectivity index (χ0n) is 18.2. The summed E-state index contributed by atoms with van der Waals surface area (Å²) in [6.45, 7) is 0.0368. The molecule has 33 heavy (non-hydrogen) atoms. The van der Waals surface area contributed by atoms with Crippen molar-refractivity contribution in [2.24, 2.45) is 7.05 Å². The zero-order valence-corrected chi connectivity index (χ0v) is 19.8. The molecule has 0 aliphatic heterocycles.